The van der Waals surface area contributed by atoms with Gasteiger partial charge in [-0.1, -0.05) is 35.9 Å². The van der Waals surface area contributed by atoms with E-state index in [1.807, 2.05) is 12.1 Å². The molecule has 0 heterocycles. The summed E-state index contributed by atoms with van der Waals surface area (Å²) < 4.78 is 0. The van der Waals surface area contributed by atoms with Gasteiger partial charge in [-0.25, -0.2) is 0 Å². The zero-order valence-electron chi connectivity index (χ0n) is 8.58. The predicted molar refractivity (Wildman–Crippen MR) is 58.7 cm³/mol. The van der Waals surface area contributed by atoms with Crippen molar-refractivity contribution in [2.24, 2.45) is 0 Å². The van der Waals surface area contributed by atoms with E-state index in [0.29, 0.717) is 13.0 Å². The van der Waals surface area contributed by atoms with Crippen molar-refractivity contribution in [1.29, 1.82) is 0 Å². The van der Waals surface area contributed by atoms with Crippen LogP contribution in [0.15, 0.2) is 29.8 Å². The van der Waals surface area contributed by atoms with Crippen molar-refractivity contribution in [3.8, 4) is 0 Å². The minimum absolute atomic E-state index is 0.596. The number of nitrogens with one attached hydrogen (secondary N) is 1. The quantitative estimate of drug-likeness (QED) is 0.724. The van der Waals surface area contributed by atoms with Crippen molar-refractivity contribution in [1.82, 2.24) is 5.32 Å². The number of benzene rings is 1. The molecule has 2 heteroatoms. The van der Waals surface area contributed by atoms with Gasteiger partial charge < -0.3 is 5.32 Å². The molecular formula is C12H15NO. The number of allylic oxidation sites excluding steroid dienone is 1. The molecule has 74 valence electrons. The number of amides is 1. The first-order valence-electron chi connectivity index (χ1n) is 4.63. The SMILES string of the molecule is CC(C)=Cc1ccc(CNC=O)cc1. The standard InChI is InChI=1S/C12H15NO/c1-10(2)7-11-3-5-12(6-4-11)8-13-9-14/h3-7,9H,8H2,1-2H3,(H,13,14). The summed E-state index contributed by atoms with van der Waals surface area (Å²) in [5, 5.41) is 2.63. The summed E-state index contributed by atoms with van der Waals surface area (Å²) in [5.41, 5.74) is 3.59. The van der Waals surface area contributed by atoms with Crippen LogP contribution >= 0.6 is 0 Å². The summed E-state index contributed by atoms with van der Waals surface area (Å²) in [5.74, 6) is 0. The average molecular weight is 189 g/mol. The van der Waals surface area contributed by atoms with E-state index in [4.69, 9.17) is 0 Å². The van der Waals surface area contributed by atoms with Crippen molar-refractivity contribution >= 4 is 12.5 Å². The van der Waals surface area contributed by atoms with Crippen LogP contribution in [0, 0.1) is 0 Å². The number of hydrogen-bond donors (Lipinski definition) is 1. The minimum Gasteiger partial charge on any atom is -0.355 e. The molecule has 1 N–H and O–H groups in total. The molecule has 14 heavy (non-hydrogen) atoms. The van der Waals surface area contributed by atoms with Crippen molar-refractivity contribution < 1.29 is 4.79 Å². The van der Waals surface area contributed by atoms with E-state index >= 15 is 0 Å². The highest BCUT2D eigenvalue weighted by molar-refractivity contribution is 5.52. The summed E-state index contributed by atoms with van der Waals surface area (Å²) in [6, 6.07) is 8.14. The molecule has 1 aromatic carbocycles. The van der Waals surface area contributed by atoms with Crippen LogP contribution in [0.25, 0.3) is 6.08 Å². The van der Waals surface area contributed by atoms with Crippen LogP contribution in [0.4, 0.5) is 0 Å². The number of rotatable bonds is 4. The van der Waals surface area contributed by atoms with E-state index in [2.05, 4.69) is 37.4 Å². The third kappa shape index (κ3) is 3.44. The van der Waals surface area contributed by atoms with Gasteiger partial charge in [0.2, 0.25) is 6.41 Å². The van der Waals surface area contributed by atoms with Gasteiger partial charge in [-0.2, -0.15) is 0 Å². The van der Waals surface area contributed by atoms with E-state index in [1.165, 1.54) is 11.1 Å². The third-order valence-corrected chi connectivity index (χ3v) is 1.82. The zero-order valence-corrected chi connectivity index (χ0v) is 8.58. The maximum atomic E-state index is 10.1. The lowest BCUT2D eigenvalue weighted by Gasteiger charge is -2.00. The topological polar surface area (TPSA) is 29.1 Å². The molecule has 0 fully saturated rings. The highest BCUT2D eigenvalue weighted by Crippen LogP contribution is 2.08. The molecule has 0 aliphatic heterocycles. The van der Waals surface area contributed by atoms with Crippen LogP contribution < -0.4 is 5.32 Å². The van der Waals surface area contributed by atoms with Crippen LogP contribution in [-0.4, -0.2) is 6.41 Å². The van der Waals surface area contributed by atoms with Gasteiger partial charge in [0.15, 0.2) is 0 Å². The average Bonchev–Trinajstić information content (AvgIpc) is 2.16. The van der Waals surface area contributed by atoms with Gasteiger partial charge in [0.1, 0.15) is 0 Å². The summed E-state index contributed by atoms with van der Waals surface area (Å²) in [6.07, 6.45) is 2.83. The van der Waals surface area contributed by atoms with Gasteiger partial charge in [0.05, 0.1) is 0 Å². The minimum atomic E-state index is 0.596. The number of carbonyl (C=O) groups is 1. The fourth-order valence-electron chi connectivity index (χ4n) is 1.22. The van der Waals surface area contributed by atoms with Crippen LogP contribution in [-0.2, 0) is 11.3 Å². The van der Waals surface area contributed by atoms with E-state index < -0.39 is 0 Å². The second-order valence-electron chi connectivity index (χ2n) is 3.46. The lowest BCUT2D eigenvalue weighted by Crippen LogP contribution is -2.09. The van der Waals surface area contributed by atoms with Crippen LogP contribution in [0.2, 0.25) is 0 Å². The molecule has 0 aliphatic carbocycles. The first kappa shape index (κ1) is 10.5. The van der Waals surface area contributed by atoms with E-state index in [9.17, 15) is 4.79 Å². The molecule has 0 spiro atoms. The van der Waals surface area contributed by atoms with E-state index in [0.717, 1.165) is 5.56 Å². The molecule has 0 aliphatic rings. The molecule has 0 atom stereocenters. The molecule has 0 unspecified atom stereocenters. The Kier molecular flexibility index (Phi) is 3.92. The van der Waals surface area contributed by atoms with E-state index in [1.54, 1.807) is 0 Å². The van der Waals surface area contributed by atoms with Crippen molar-refractivity contribution in [2.45, 2.75) is 20.4 Å². The highest BCUT2D eigenvalue weighted by atomic mass is 16.1. The summed E-state index contributed by atoms with van der Waals surface area (Å²) in [7, 11) is 0. The van der Waals surface area contributed by atoms with E-state index in [-0.39, 0.29) is 0 Å². The Morgan fingerprint density at radius 1 is 1.29 bits per heavy atom. The lowest BCUT2D eigenvalue weighted by molar-refractivity contribution is -0.109. The molecule has 0 saturated carbocycles. The molecule has 1 amide bonds. The van der Waals surface area contributed by atoms with Crippen molar-refractivity contribution in [2.75, 3.05) is 0 Å². The summed E-state index contributed by atoms with van der Waals surface area (Å²) in [4.78, 5) is 10.1. The van der Waals surface area contributed by atoms with Gasteiger partial charge in [-0.15, -0.1) is 0 Å². The van der Waals surface area contributed by atoms with Crippen LogP contribution in [0.5, 0.6) is 0 Å². The first-order valence-corrected chi connectivity index (χ1v) is 4.63. The molecule has 2 nitrogen and oxygen atoms in total. The Labute approximate surface area is 84.6 Å². The Hall–Kier alpha value is -1.57. The van der Waals surface area contributed by atoms with Gasteiger partial charge >= 0.3 is 0 Å². The Balaban J connectivity index is 2.68. The molecule has 0 aromatic heterocycles. The first-order chi connectivity index (χ1) is 6.72. The normalized spacial score (nSPS) is 9.29. The fourth-order valence-corrected chi connectivity index (χ4v) is 1.22. The monoisotopic (exact) mass is 189 g/mol. The van der Waals surface area contributed by atoms with Crippen molar-refractivity contribution in [3.63, 3.8) is 0 Å². The molecule has 0 radical (unpaired) electrons. The fraction of sp³-hybridized carbons (Fsp3) is 0.250. The predicted octanol–water partition coefficient (Wildman–Crippen LogP) is 2.36. The second-order valence-corrected chi connectivity index (χ2v) is 3.46. The lowest BCUT2D eigenvalue weighted by atomic mass is 10.1. The van der Waals surface area contributed by atoms with Gasteiger partial charge in [0.25, 0.3) is 0 Å². The number of hydrogen-bond acceptors (Lipinski definition) is 1. The smallest absolute Gasteiger partial charge is 0.207 e. The second kappa shape index (κ2) is 5.22. The summed E-state index contributed by atoms with van der Waals surface area (Å²) >= 11 is 0. The zero-order chi connectivity index (χ0) is 10.4. The summed E-state index contributed by atoms with van der Waals surface area (Å²) in [6.45, 7) is 4.74. The third-order valence-electron chi connectivity index (χ3n) is 1.82. The van der Waals surface area contributed by atoms with Gasteiger partial charge in [-0.05, 0) is 25.0 Å². The molecule has 0 bridgehead atoms. The molecular weight excluding hydrogens is 174 g/mol. The maximum absolute atomic E-state index is 10.1. The Bertz CT molecular complexity index is 321. The van der Waals surface area contributed by atoms with Crippen LogP contribution in [0.3, 0.4) is 0 Å². The largest absolute Gasteiger partial charge is 0.355 e. The molecule has 1 aromatic rings. The number of carbonyl (C=O) groups excluding carboxylic acids is 1. The molecule has 0 saturated heterocycles. The Morgan fingerprint density at radius 3 is 2.43 bits per heavy atom. The van der Waals surface area contributed by atoms with Crippen molar-refractivity contribution in [3.05, 3.63) is 41.0 Å². The highest BCUT2D eigenvalue weighted by Gasteiger charge is 1.91. The van der Waals surface area contributed by atoms with Gasteiger partial charge in [0, 0.05) is 6.54 Å². The Morgan fingerprint density at radius 2 is 1.93 bits per heavy atom. The maximum Gasteiger partial charge on any atom is 0.207 e. The van der Waals surface area contributed by atoms with Crippen LogP contribution in [0.1, 0.15) is 25.0 Å². The molecule has 1 rings (SSSR count). The van der Waals surface area contributed by atoms with Gasteiger partial charge in [-0.3, -0.25) is 4.79 Å².